The lowest BCUT2D eigenvalue weighted by molar-refractivity contribution is -0.122. The summed E-state index contributed by atoms with van der Waals surface area (Å²) in [7, 11) is 1.85. The summed E-state index contributed by atoms with van der Waals surface area (Å²) in [4.78, 5) is 47.1. The van der Waals surface area contributed by atoms with Gasteiger partial charge in [-0.15, -0.1) is 0 Å². The maximum absolute atomic E-state index is 14.6. The Labute approximate surface area is 257 Å². The Kier molecular flexibility index (Phi) is 9.90. The third-order valence-electron chi connectivity index (χ3n) is 6.94. The molecule has 1 atom stereocenters. The van der Waals surface area contributed by atoms with Gasteiger partial charge in [0.05, 0.1) is 29.6 Å². The molecule has 4 N–H and O–H groups in total. The predicted molar refractivity (Wildman–Crippen MR) is 169 cm³/mol. The topological polar surface area (TPSA) is 152 Å². The molecule has 0 aliphatic carbocycles. The lowest BCUT2D eigenvalue weighted by Crippen LogP contribution is -2.65. The van der Waals surface area contributed by atoms with Crippen LogP contribution in [0.2, 0.25) is 0 Å². The van der Waals surface area contributed by atoms with Gasteiger partial charge in [-0.05, 0) is 69.3 Å². The standard InChI is InChI=1S/C32H38N8O4/c1-31(2,3)44-30(43)36-19-18-35-28(41)16-20-40(27-11-7-8-17-34-27)29(42)32(22-37-24-14-12-23(21-33)13-15-24)38-25-9-5-6-10-26(25)39(32)4/h5-15,17,37-38H,16,18-20,22H2,1-4H3,(H,35,41)(H,36,43). The van der Waals surface area contributed by atoms with Crippen LogP contribution in [0.3, 0.4) is 0 Å². The van der Waals surface area contributed by atoms with Crippen molar-refractivity contribution in [1.29, 1.82) is 5.26 Å². The Morgan fingerprint density at radius 1 is 1.02 bits per heavy atom. The van der Waals surface area contributed by atoms with Gasteiger partial charge in [-0.1, -0.05) is 18.2 Å². The number of pyridine rings is 1. The fourth-order valence-corrected chi connectivity index (χ4v) is 4.75. The Morgan fingerprint density at radius 3 is 2.39 bits per heavy atom. The second-order valence-electron chi connectivity index (χ2n) is 11.3. The summed E-state index contributed by atoms with van der Waals surface area (Å²) in [5.41, 5.74) is 1.02. The van der Waals surface area contributed by atoms with Gasteiger partial charge in [-0.2, -0.15) is 5.26 Å². The average molecular weight is 599 g/mol. The van der Waals surface area contributed by atoms with Gasteiger partial charge in [0, 0.05) is 45.0 Å². The van der Waals surface area contributed by atoms with E-state index in [-0.39, 0.29) is 44.4 Å². The van der Waals surface area contributed by atoms with Crippen molar-refractivity contribution >= 4 is 40.8 Å². The number of hydrogen-bond donors (Lipinski definition) is 4. The summed E-state index contributed by atoms with van der Waals surface area (Å²) in [5, 5.41) is 21.3. The molecule has 1 aliphatic heterocycles. The third-order valence-corrected chi connectivity index (χ3v) is 6.94. The van der Waals surface area contributed by atoms with Gasteiger partial charge in [-0.25, -0.2) is 9.78 Å². The number of likely N-dealkylation sites (N-methyl/N-ethyl adjacent to an activating group) is 1. The Hall–Kier alpha value is -5.31. The zero-order valence-electron chi connectivity index (χ0n) is 25.4. The SMILES string of the molecule is CN1c2ccccc2NC1(CNc1ccc(C#N)cc1)C(=O)N(CCC(=O)NCCNC(=O)OC(C)(C)C)c1ccccn1. The highest BCUT2D eigenvalue weighted by Gasteiger charge is 2.50. The van der Waals surface area contributed by atoms with E-state index in [1.165, 1.54) is 4.90 Å². The first kappa shape index (κ1) is 31.6. The fourth-order valence-electron chi connectivity index (χ4n) is 4.75. The van der Waals surface area contributed by atoms with Gasteiger partial charge < -0.3 is 30.9 Å². The Morgan fingerprint density at radius 2 is 1.73 bits per heavy atom. The highest BCUT2D eigenvalue weighted by molar-refractivity contribution is 6.07. The number of fused-ring (bicyclic) bond motifs is 1. The molecule has 0 fully saturated rings. The zero-order chi connectivity index (χ0) is 31.7. The zero-order valence-corrected chi connectivity index (χ0v) is 25.4. The molecule has 1 aliphatic rings. The quantitative estimate of drug-likeness (QED) is 0.242. The number of hydrogen-bond acceptors (Lipinski definition) is 9. The number of benzene rings is 2. The van der Waals surface area contributed by atoms with Gasteiger partial charge in [0.1, 0.15) is 11.4 Å². The monoisotopic (exact) mass is 598 g/mol. The minimum Gasteiger partial charge on any atom is -0.444 e. The first-order valence-electron chi connectivity index (χ1n) is 14.3. The van der Waals surface area contributed by atoms with Crippen molar-refractivity contribution in [2.45, 2.75) is 38.5 Å². The summed E-state index contributed by atoms with van der Waals surface area (Å²) < 4.78 is 5.21. The summed E-state index contributed by atoms with van der Waals surface area (Å²) in [6.07, 6.45) is 1.04. The van der Waals surface area contributed by atoms with Crippen molar-refractivity contribution in [3.05, 3.63) is 78.5 Å². The molecule has 230 valence electrons. The highest BCUT2D eigenvalue weighted by Crippen LogP contribution is 2.40. The number of amides is 3. The van der Waals surface area contributed by atoms with Crippen LogP contribution >= 0.6 is 0 Å². The van der Waals surface area contributed by atoms with Crippen molar-refractivity contribution in [1.82, 2.24) is 15.6 Å². The molecule has 2 aromatic carbocycles. The Bertz CT molecular complexity index is 1500. The molecule has 0 radical (unpaired) electrons. The fraction of sp³-hybridized carbons (Fsp3) is 0.344. The number of nitriles is 1. The van der Waals surface area contributed by atoms with Crippen LogP contribution in [0.4, 0.5) is 27.7 Å². The van der Waals surface area contributed by atoms with Crippen molar-refractivity contribution in [3.8, 4) is 6.07 Å². The van der Waals surface area contributed by atoms with Crippen LogP contribution < -0.4 is 31.1 Å². The van der Waals surface area contributed by atoms with Crippen molar-refractivity contribution in [2.75, 3.05) is 53.7 Å². The first-order chi connectivity index (χ1) is 21.0. The maximum atomic E-state index is 14.6. The number of carbonyl (C=O) groups is 3. The van der Waals surface area contributed by atoms with E-state index in [4.69, 9.17) is 10.00 Å². The summed E-state index contributed by atoms with van der Waals surface area (Å²) in [6, 6.07) is 22.0. The highest BCUT2D eigenvalue weighted by atomic mass is 16.6. The molecule has 0 spiro atoms. The number of para-hydroxylation sites is 2. The summed E-state index contributed by atoms with van der Waals surface area (Å²) in [5.74, 6) is -0.193. The molecule has 1 unspecified atom stereocenters. The van der Waals surface area contributed by atoms with Gasteiger partial charge in [0.25, 0.3) is 5.91 Å². The van der Waals surface area contributed by atoms with Crippen LogP contribution in [0.1, 0.15) is 32.8 Å². The van der Waals surface area contributed by atoms with Crippen molar-refractivity contribution in [2.24, 2.45) is 0 Å². The predicted octanol–water partition coefficient (Wildman–Crippen LogP) is 3.69. The van der Waals surface area contributed by atoms with E-state index in [0.717, 1.165) is 17.1 Å². The lowest BCUT2D eigenvalue weighted by atomic mass is 10.1. The lowest BCUT2D eigenvalue weighted by Gasteiger charge is -2.40. The van der Waals surface area contributed by atoms with Crippen LogP contribution in [0, 0.1) is 11.3 Å². The third kappa shape index (κ3) is 7.74. The van der Waals surface area contributed by atoms with E-state index in [1.54, 1.807) is 69.4 Å². The number of anilines is 4. The number of aromatic nitrogens is 1. The normalized spacial score (nSPS) is 15.3. The average Bonchev–Trinajstić information content (AvgIpc) is 3.30. The number of alkyl carbamates (subject to hydrolysis) is 1. The van der Waals surface area contributed by atoms with Crippen LogP contribution in [-0.2, 0) is 14.3 Å². The van der Waals surface area contributed by atoms with Gasteiger partial charge >= 0.3 is 6.09 Å². The van der Waals surface area contributed by atoms with Crippen molar-refractivity contribution in [3.63, 3.8) is 0 Å². The molecule has 12 nitrogen and oxygen atoms in total. The smallest absolute Gasteiger partial charge is 0.407 e. The number of nitrogens with zero attached hydrogens (tertiary/aromatic N) is 4. The van der Waals surface area contributed by atoms with Crippen LogP contribution in [0.25, 0.3) is 0 Å². The number of ether oxygens (including phenoxy) is 1. The maximum Gasteiger partial charge on any atom is 0.407 e. The molecule has 3 amide bonds. The first-order valence-corrected chi connectivity index (χ1v) is 14.3. The molecule has 0 saturated heterocycles. The molecule has 12 heteroatoms. The van der Waals surface area contributed by atoms with E-state index in [2.05, 4.69) is 32.3 Å². The van der Waals surface area contributed by atoms with Crippen LogP contribution in [0.5, 0.6) is 0 Å². The minimum absolute atomic E-state index is 0.00451. The summed E-state index contributed by atoms with van der Waals surface area (Å²) >= 11 is 0. The largest absolute Gasteiger partial charge is 0.444 e. The summed E-state index contributed by atoms with van der Waals surface area (Å²) in [6.45, 7) is 5.93. The minimum atomic E-state index is -1.27. The van der Waals surface area contributed by atoms with Gasteiger partial charge in [0.2, 0.25) is 11.6 Å². The second kappa shape index (κ2) is 13.8. The molecular weight excluding hydrogens is 560 g/mol. The number of nitrogens with one attached hydrogen (secondary N) is 4. The van der Waals surface area contributed by atoms with Crippen LogP contribution in [-0.4, -0.2) is 67.4 Å². The number of carbonyl (C=O) groups excluding carboxylic acids is 3. The molecule has 3 aromatic rings. The van der Waals surface area contributed by atoms with E-state index in [1.807, 2.05) is 36.2 Å². The molecule has 4 rings (SSSR count). The van der Waals surface area contributed by atoms with Crippen LogP contribution in [0.15, 0.2) is 72.9 Å². The van der Waals surface area contributed by atoms with E-state index in [0.29, 0.717) is 11.4 Å². The molecular formula is C32H38N8O4. The molecule has 0 saturated carbocycles. The number of rotatable bonds is 11. The molecule has 0 bridgehead atoms. The van der Waals surface area contributed by atoms with E-state index in [9.17, 15) is 14.4 Å². The Balaban J connectivity index is 1.50. The van der Waals surface area contributed by atoms with E-state index >= 15 is 0 Å². The van der Waals surface area contributed by atoms with Gasteiger partial charge in [-0.3, -0.25) is 14.5 Å². The molecule has 1 aromatic heterocycles. The van der Waals surface area contributed by atoms with Gasteiger partial charge in [0.15, 0.2) is 0 Å². The van der Waals surface area contributed by atoms with E-state index < -0.39 is 17.4 Å². The molecule has 44 heavy (non-hydrogen) atoms. The second-order valence-corrected chi connectivity index (χ2v) is 11.3. The van der Waals surface area contributed by atoms with Crippen molar-refractivity contribution < 1.29 is 19.1 Å². The molecule has 2 heterocycles.